The topological polar surface area (TPSA) is 50.7 Å². The summed E-state index contributed by atoms with van der Waals surface area (Å²) in [7, 11) is 0. The lowest BCUT2D eigenvalue weighted by molar-refractivity contribution is -0.123. The van der Waals surface area contributed by atoms with Gasteiger partial charge in [0.15, 0.2) is 6.61 Å². The zero-order chi connectivity index (χ0) is 16.0. The van der Waals surface area contributed by atoms with Crippen molar-refractivity contribution in [2.75, 3.05) is 6.61 Å². The van der Waals surface area contributed by atoms with E-state index in [9.17, 15) is 4.79 Å². The molecule has 0 unspecified atom stereocenters. The molecule has 0 saturated heterocycles. The van der Waals surface area contributed by atoms with Gasteiger partial charge in [-0.15, -0.1) is 11.3 Å². The van der Waals surface area contributed by atoms with Crippen molar-refractivity contribution in [2.45, 2.75) is 26.2 Å². The summed E-state index contributed by atoms with van der Waals surface area (Å²) >= 11 is 1.56. The zero-order valence-corrected chi connectivity index (χ0v) is 13.8. The second kappa shape index (κ2) is 7.22. The van der Waals surface area contributed by atoms with E-state index in [4.69, 9.17) is 4.74 Å². The summed E-state index contributed by atoms with van der Waals surface area (Å²) in [5.41, 5.74) is 3.77. The number of amides is 1. The van der Waals surface area contributed by atoms with Crippen molar-refractivity contribution >= 4 is 23.5 Å². The first kappa shape index (κ1) is 16.2. The predicted molar refractivity (Wildman–Crippen MR) is 90.7 cm³/mol. The molecule has 0 saturated carbocycles. The third kappa shape index (κ3) is 5.00. The van der Waals surface area contributed by atoms with Crippen molar-refractivity contribution in [2.24, 2.45) is 5.10 Å². The molecule has 1 aromatic heterocycles. The maximum Gasteiger partial charge on any atom is 0.277 e. The normalized spacial score (nSPS) is 11.6. The lowest BCUT2D eigenvalue weighted by Gasteiger charge is -2.19. The average Bonchev–Trinajstić information content (AvgIpc) is 2.98. The van der Waals surface area contributed by atoms with Crippen LogP contribution in [0.4, 0.5) is 0 Å². The van der Waals surface area contributed by atoms with Gasteiger partial charge in [-0.05, 0) is 34.6 Å². The Morgan fingerprint density at radius 1 is 1.27 bits per heavy atom. The van der Waals surface area contributed by atoms with Gasteiger partial charge in [-0.1, -0.05) is 39.0 Å². The van der Waals surface area contributed by atoms with Crippen molar-refractivity contribution in [3.05, 3.63) is 52.2 Å². The first-order valence-electron chi connectivity index (χ1n) is 7.04. The van der Waals surface area contributed by atoms with Gasteiger partial charge in [0.05, 0.1) is 6.21 Å². The van der Waals surface area contributed by atoms with E-state index in [-0.39, 0.29) is 17.9 Å². The fourth-order valence-corrected chi connectivity index (χ4v) is 2.35. The summed E-state index contributed by atoms with van der Waals surface area (Å²) in [6.07, 6.45) is 1.61. The maximum atomic E-state index is 11.6. The number of hydrogen-bond donors (Lipinski definition) is 1. The Hall–Kier alpha value is -2.14. The summed E-state index contributed by atoms with van der Waals surface area (Å²) in [5.74, 6) is 0.387. The van der Waals surface area contributed by atoms with Crippen molar-refractivity contribution < 1.29 is 9.53 Å². The molecular formula is C17H20N2O2S. The summed E-state index contributed by atoms with van der Waals surface area (Å²) in [4.78, 5) is 12.6. The third-order valence-corrected chi connectivity index (χ3v) is 3.82. The number of nitrogens with zero attached hydrogens (tertiary/aromatic N) is 1. The molecule has 0 aliphatic carbocycles. The minimum Gasteiger partial charge on any atom is -0.484 e. The van der Waals surface area contributed by atoms with Gasteiger partial charge in [0.25, 0.3) is 5.91 Å². The van der Waals surface area contributed by atoms with Crippen LogP contribution in [0.25, 0.3) is 0 Å². The maximum absolute atomic E-state index is 11.6. The molecule has 0 fully saturated rings. The monoisotopic (exact) mass is 316 g/mol. The Morgan fingerprint density at radius 3 is 2.59 bits per heavy atom. The highest BCUT2D eigenvalue weighted by Gasteiger charge is 2.13. The van der Waals surface area contributed by atoms with Gasteiger partial charge in [0.1, 0.15) is 5.75 Å². The van der Waals surface area contributed by atoms with Crippen molar-refractivity contribution in [1.82, 2.24) is 5.43 Å². The van der Waals surface area contributed by atoms with Crippen LogP contribution in [0.15, 0.2) is 46.9 Å². The van der Waals surface area contributed by atoms with Crippen LogP contribution in [0.1, 0.15) is 31.2 Å². The standard InChI is InChI=1S/C17H20N2O2S/c1-17(2,3)13-6-8-14(9-7-13)21-12-16(20)19-18-11-15-5-4-10-22-15/h4-11H,12H2,1-3H3,(H,19,20)/b18-11+. The lowest BCUT2D eigenvalue weighted by Crippen LogP contribution is -2.24. The molecule has 1 N–H and O–H groups in total. The molecule has 0 atom stereocenters. The second-order valence-corrected chi connectivity index (χ2v) is 6.85. The van der Waals surface area contributed by atoms with Crippen molar-refractivity contribution in [3.63, 3.8) is 0 Å². The largest absolute Gasteiger partial charge is 0.484 e. The molecule has 4 nitrogen and oxygen atoms in total. The number of ether oxygens (including phenoxy) is 1. The van der Waals surface area contributed by atoms with Gasteiger partial charge < -0.3 is 4.74 Å². The van der Waals surface area contributed by atoms with Gasteiger partial charge >= 0.3 is 0 Å². The van der Waals surface area contributed by atoms with Crippen LogP contribution in [-0.2, 0) is 10.2 Å². The van der Waals surface area contributed by atoms with Crippen LogP contribution in [0.2, 0.25) is 0 Å². The number of benzene rings is 1. The predicted octanol–water partition coefficient (Wildman–Crippen LogP) is 3.57. The van der Waals surface area contributed by atoms with E-state index >= 15 is 0 Å². The molecule has 1 amide bonds. The van der Waals surface area contributed by atoms with Crippen LogP contribution < -0.4 is 10.2 Å². The summed E-state index contributed by atoms with van der Waals surface area (Å²) in [6, 6.07) is 11.6. The number of hydrogen-bond acceptors (Lipinski definition) is 4. The van der Waals surface area contributed by atoms with E-state index < -0.39 is 0 Å². The van der Waals surface area contributed by atoms with Gasteiger partial charge in [0.2, 0.25) is 0 Å². The van der Waals surface area contributed by atoms with Gasteiger partial charge in [-0.3, -0.25) is 4.79 Å². The van der Waals surface area contributed by atoms with E-state index in [1.54, 1.807) is 17.6 Å². The quantitative estimate of drug-likeness (QED) is 0.677. The molecule has 0 aliphatic rings. The van der Waals surface area contributed by atoms with Crippen molar-refractivity contribution in [3.8, 4) is 5.75 Å². The van der Waals surface area contributed by atoms with Crippen LogP contribution in [0.5, 0.6) is 5.75 Å². The molecule has 1 aromatic carbocycles. The molecule has 0 spiro atoms. The van der Waals surface area contributed by atoms with Gasteiger partial charge in [-0.2, -0.15) is 5.10 Å². The van der Waals surface area contributed by atoms with Crippen LogP contribution in [0.3, 0.4) is 0 Å². The molecule has 1 heterocycles. The molecule has 0 aliphatic heterocycles. The average molecular weight is 316 g/mol. The molecule has 116 valence electrons. The molecule has 2 rings (SSSR count). The Kier molecular flexibility index (Phi) is 5.33. The van der Waals surface area contributed by atoms with E-state index in [1.165, 1.54) is 5.56 Å². The first-order valence-corrected chi connectivity index (χ1v) is 7.92. The number of rotatable bonds is 5. The molecular weight excluding hydrogens is 296 g/mol. The Bertz CT molecular complexity index is 626. The molecule has 2 aromatic rings. The smallest absolute Gasteiger partial charge is 0.277 e. The van der Waals surface area contributed by atoms with E-state index in [0.717, 1.165) is 4.88 Å². The van der Waals surface area contributed by atoms with E-state index in [0.29, 0.717) is 5.75 Å². The third-order valence-electron chi connectivity index (χ3n) is 3.01. The van der Waals surface area contributed by atoms with E-state index in [2.05, 4.69) is 31.3 Å². The lowest BCUT2D eigenvalue weighted by atomic mass is 9.87. The summed E-state index contributed by atoms with van der Waals surface area (Å²) in [5, 5.41) is 5.83. The highest BCUT2D eigenvalue weighted by atomic mass is 32.1. The first-order chi connectivity index (χ1) is 10.4. The Morgan fingerprint density at radius 2 is 2.00 bits per heavy atom. The fraction of sp³-hybridized carbons (Fsp3) is 0.294. The number of carbonyl (C=O) groups excluding carboxylic acids is 1. The number of thiophene rings is 1. The highest BCUT2D eigenvalue weighted by Crippen LogP contribution is 2.24. The molecule has 22 heavy (non-hydrogen) atoms. The summed E-state index contributed by atoms with van der Waals surface area (Å²) in [6.45, 7) is 6.41. The van der Waals surface area contributed by atoms with E-state index in [1.807, 2.05) is 41.8 Å². The minimum atomic E-state index is -0.285. The molecule has 5 heteroatoms. The van der Waals surface area contributed by atoms with Crippen LogP contribution >= 0.6 is 11.3 Å². The Labute approximate surface area is 134 Å². The number of nitrogens with one attached hydrogen (secondary N) is 1. The highest BCUT2D eigenvalue weighted by molar-refractivity contribution is 7.11. The number of carbonyl (C=O) groups is 1. The molecule has 0 bridgehead atoms. The van der Waals surface area contributed by atoms with Crippen molar-refractivity contribution in [1.29, 1.82) is 0 Å². The summed E-state index contributed by atoms with van der Waals surface area (Å²) < 4.78 is 5.44. The number of hydrazone groups is 1. The molecule has 0 radical (unpaired) electrons. The minimum absolute atomic E-state index is 0.0589. The van der Waals surface area contributed by atoms with Gasteiger partial charge in [-0.25, -0.2) is 5.43 Å². The SMILES string of the molecule is CC(C)(C)c1ccc(OCC(=O)N/N=C/c2cccs2)cc1. The zero-order valence-electron chi connectivity index (χ0n) is 13.0. The van der Waals surface area contributed by atoms with Crippen LogP contribution in [-0.4, -0.2) is 18.7 Å². The fourth-order valence-electron chi connectivity index (χ4n) is 1.76. The van der Waals surface area contributed by atoms with Crippen LogP contribution in [0, 0.1) is 0 Å². The Balaban J connectivity index is 1.78. The van der Waals surface area contributed by atoms with Gasteiger partial charge in [0, 0.05) is 4.88 Å². The second-order valence-electron chi connectivity index (χ2n) is 5.87.